The number of hydrogen-bond acceptors (Lipinski definition) is 4. The van der Waals surface area contributed by atoms with Crippen molar-refractivity contribution in [2.45, 2.75) is 13.5 Å². The number of benzene rings is 1. The van der Waals surface area contributed by atoms with Crippen LogP contribution in [0.3, 0.4) is 0 Å². The Labute approximate surface area is 101 Å². The zero-order valence-corrected chi connectivity index (χ0v) is 10.2. The third-order valence-electron chi connectivity index (χ3n) is 2.59. The van der Waals surface area contributed by atoms with Gasteiger partial charge in [-0.3, -0.25) is 9.69 Å². The first-order valence-corrected chi connectivity index (χ1v) is 5.57. The highest BCUT2D eigenvalue weighted by Crippen LogP contribution is 2.21. The maximum absolute atomic E-state index is 11.3. The quantitative estimate of drug-likeness (QED) is 0.516. The second-order valence-corrected chi connectivity index (χ2v) is 3.86. The molecular formula is C12H19N3O2. The molecule has 1 amide bonds. The first-order chi connectivity index (χ1) is 8.06. The summed E-state index contributed by atoms with van der Waals surface area (Å²) >= 11 is 0. The van der Waals surface area contributed by atoms with Crippen LogP contribution in [0.4, 0.5) is 5.69 Å². The zero-order chi connectivity index (χ0) is 12.8. The van der Waals surface area contributed by atoms with Crippen molar-refractivity contribution in [3.63, 3.8) is 0 Å². The molecule has 1 rings (SSSR count). The SMILES string of the molecule is CCN(CC(=O)NC)Cc1cc(N)ccc1O. The maximum Gasteiger partial charge on any atom is 0.233 e. The highest BCUT2D eigenvalue weighted by molar-refractivity contribution is 5.77. The Hall–Kier alpha value is -1.75. The Kier molecular flexibility index (Phi) is 4.78. The molecule has 1 aromatic rings. The number of nitrogens with two attached hydrogens (primary N) is 1. The monoisotopic (exact) mass is 237 g/mol. The molecule has 0 aliphatic carbocycles. The van der Waals surface area contributed by atoms with Gasteiger partial charge in [0.1, 0.15) is 5.75 Å². The summed E-state index contributed by atoms with van der Waals surface area (Å²) in [6.07, 6.45) is 0. The van der Waals surface area contributed by atoms with Crippen LogP contribution in [0, 0.1) is 0 Å². The molecule has 0 heterocycles. The Balaban J connectivity index is 2.73. The van der Waals surface area contributed by atoms with Crippen molar-refractivity contribution in [2.75, 3.05) is 25.9 Å². The lowest BCUT2D eigenvalue weighted by Crippen LogP contribution is -2.35. The molecule has 0 radical (unpaired) electrons. The number of nitrogens with one attached hydrogen (secondary N) is 1. The topological polar surface area (TPSA) is 78.6 Å². The van der Waals surface area contributed by atoms with Crippen molar-refractivity contribution >= 4 is 11.6 Å². The zero-order valence-electron chi connectivity index (χ0n) is 10.2. The van der Waals surface area contributed by atoms with Gasteiger partial charge in [0, 0.05) is 24.8 Å². The van der Waals surface area contributed by atoms with Crippen LogP contribution in [0.1, 0.15) is 12.5 Å². The predicted octanol–water partition coefficient (Wildman–Crippen LogP) is 0.542. The number of phenolic OH excluding ortho intramolecular Hbond substituents is 1. The molecule has 17 heavy (non-hydrogen) atoms. The number of amides is 1. The van der Waals surface area contributed by atoms with Gasteiger partial charge in [0.2, 0.25) is 5.91 Å². The molecule has 0 aromatic heterocycles. The molecule has 0 atom stereocenters. The lowest BCUT2D eigenvalue weighted by molar-refractivity contribution is -0.121. The van der Waals surface area contributed by atoms with Crippen LogP contribution in [0.25, 0.3) is 0 Å². The number of phenols is 1. The van der Waals surface area contributed by atoms with Crippen molar-refractivity contribution in [2.24, 2.45) is 0 Å². The van der Waals surface area contributed by atoms with E-state index < -0.39 is 0 Å². The molecule has 0 aliphatic heterocycles. The fourth-order valence-corrected chi connectivity index (χ4v) is 1.53. The van der Waals surface area contributed by atoms with E-state index in [9.17, 15) is 9.90 Å². The molecule has 0 fully saturated rings. The van der Waals surface area contributed by atoms with Gasteiger partial charge in [-0.15, -0.1) is 0 Å². The predicted molar refractivity (Wildman–Crippen MR) is 67.5 cm³/mol. The van der Waals surface area contributed by atoms with E-state index in [-0.39, 0.29) is 11.7 Å². The summed E-state index contributed by atoms with van der Waals surface area (Å²) in [7, 11) is 1.61. The van der Waals surface area contributed by atoms with Crippen molar-refractivity contribution in [1.29, 1.82) is 0 Å². The van der Waals surface area contributed by atoms with Gasteiger partial charge in [-0.25, -0.2) is 0 Å². The van der Waals surface area contributed by atoms with E-state index >= 15 is 0 Å². The molecule has 4 N–H and O–H groups in total. The van der Waals surface area contributed by atoms with E-state index in [1.165, 1.54) is 0 Å². The summed E-state index contributed by atoms with van der Waals surface area (Å²) in [4.78, 5) is 13.2. The van der Waals surface area contributed by atoms with Crippen LogP contribution in [-0.4, -0.2) is 36.1 Å². The standard InChI is InChI=1S/C12H19N3O2/c1-3-15(8-12(17)14-2)7-9-6-10(13)4-5-11(9)16/h4-6,16H,3,7-8,13H2,1-2H3,(H,14,17). The van der Waals surface area contributed by atoms with Gasteiger partial charge in [-0.1, -0.05) is 6.92 Å². The summed E-state index contributed by atoms with van der Waals surface area (Å²) in [5, 5.41) is 12.3. The molecule has 5 nitrogen and oxygen atoms in total. The van der Waals surface area contributed by atoms with Crippen LogP contribution in [-0.2, 0) is 11.3 Å². The summed E-state index contributed by atoms with van der Waals surface area (Å²) in [6, 6.07) is 4.94. The van der Waals surface area contributed by atoms with Crippen LogP contribution in [0.2, 0.25) is 0 Å². The fourth-order valence-electron chi connectivity index (χ4n) is 1.53. The second kappa shape index (κ2) is 6.10. The average Bonchev–Trinajstić information content (AvgIpc) is 2.32. The van der Waals surface area contributed by atoms with E-state index in [1.54, 1.807) is 25.2 Å². The summed E-state index contributed by atoms with van der Waals surface area (Å²) in [5.74, 6) is 0.157. The van der Waals surface area contributed by atoms with Crippen molar-refractivity contribution in [3.8, 4) is 5.75 Å². The normalized spacial score (nSPS) is 10.5. The summed E-state index contributed by atoms with van der Waals surface area (Å²) in [6.45, 7) is 3.50. The first-order valence-electron chi connectivity index (χ1n) is 5.57. The van der Waals surface area contributed by atoms with Gasteiger partial charge in [0.05, 0.1) is 6.54 Å². The van der Waals surface area contributed by atoms with Gasteiger partial charge in [-0.2, -0.15) is 0 Å². The Morgan fingerprint density at radius 3 is 2.82 bits per heavy atom. The van der Waals surface area contributed by atoms with E-state index in [1.807, 2.05) is 11.8 Å². The van der Waals surface area contributed by atoms with Crippen molar-refractivity contribution in [1.82, 2.24) is 10.2 Å². The number of aromatic hydroxyl groups is 1. The van der Waals surface area contributed by atoms with Gasteiger partial charge in [0.15, 0.2) is 0 Å². The molecular weight excluding hydrogens is 218 g/mol. The largest absolute Gasteiger partial charge is 0.508 e. The average molecular weight is 237 g/mol. The number of nitrogen functional groups attached to an aromatic ring is 1. The minimum absolute atomic E-state index is 0.0461. The minimum Gasteiger partial charge on any atom is -0.508 e. The fraction of sp³-hybridized carbons (Fsp3) is 0.417. The molecule has 0 saturated carbocycles. The lowest BCUT2D eigenvalue weighted by Gasteiger charge is -2.20. The van der Waals surface area contributed by atoms with E-state index in [0.717, 1.165) is 12.1 Å². The first kappa shape index (κ1) is 13.3. The lowest BCUT2D eigenvalue weighted by atomic mass is 10.1. The van der Waals surface area contributed by atoms with Gasteiger partial charge < -0.3 is 16.2 Å². The number of anilines is 1. The molecule has 0 saturated heterocycles. The minimum atomic E-state index is -0.0461. The maximum atomic E-state index is 11.3. The molecule has 94 valence electrons. The number of nitrogens with zero attached hydrogens (tertiary/aromatic N) is 1. The van der Waals surface area contributed by atoms with E-state index in [4.69, 9.17) is 5.73 Å². The third kappa shape index (κ3) is 3.96. The number of likely N-dealkylation sites (N-methyl/N-ethyl adjacent to an activating group) is 2. The van der Waals surface area contributed by atoms with Gasteiger partial charge >= 0.3 is 0 Å². The van der Waals surface area contributed by atoms with Crippen molar-refractivity contribution < 1.29 is 9.90 Å². The Bertz CT molecular complexity index is 393. The molecule has 0 aliphatic rings. The smallest absolute Gasteiger partial charge is 0.233 e. The van der Waals surface area contributed by atoms with Gasteiger partial charge in [-0.05, 0) is 24.7 Å². The molecule has 0 unspecified atom stereocenters. The number of carbonyl (C=O) groups excluding carboxylic acids is 1. The highest BCUT2D eigenvalue weighted by atomic mass is 16.3. The summed E-state index contributed by atoms with van der Waals surface area (Å²) in [5.41, 5.74) is 7.00. The third-order valence-corrected chi connectivity index (χ3v) is 2.59. The second-order valence-electron chi connectivity index (χ2n) is 3.86. The van der Waals surface area contributed by atoms with Gasteiger partial charge in [0.25, 0.3) is 0 Å². The van der Waals surface area contributed by atoms with Crippen molar-refractivity contribution in [3.05, 3.63) is 23.8 Å². The van der Waals surface area contributed by atoms with E-state index in [0.29, 0.717) is 18.8 Å². The number of hydrogen-bond donors (Lipinski definition) is 3. The van der Waals surface area contributed by atoms with Crippen LogP contribution < -0.4 is 11.1 Å². The highest BCUT2D eigenvalue weighted by Gasteiger charge is 2.10. The number of rotatable bonds is 5. The molecule has 0 spiro atoms. The van der Waals surface area contributed by atoms with E-state index in [2.05, 4.69) is 5.32 Å². The van der Waals surface area contributed by atoms with Crippen LogP contribution in [0.5, 0.6) is 5.75 Å². The van der Waals surface area contributed by atoms with Crippen LogP contribution in [0.15, 0.2) is 18.2 Å². The molecule has 5 heteroatoms. The Morgan fingerprint density at radius 2 is 2.24 bits per heavy atom. The van der Waals surface area contributed by atoms with Crippen LogP contribution >= 0.6 is 0 Å². The Morgan fingerprint density at radius 1 is 1.53 bits per heavy atom. The summed E-state index contributed by atoms with van der Waals surface area (Å²) < 4.78 is 0. The molecule has 1 aromatic carbocycles. The molecule has 0 bridgehead atoms. The number of carbonyl (C=O) groups is 1.